The molecule has 0 aliphatic carbocycles. The molecule has 0 spiro atoms. The van der Waals surface area contributed by atoms with E-state index in [0.717, 1.165) is 16.9 Å². The number of hydrogen-bond donors (Lipinski definition) is 2. The average Bonchev–Trinajstić information content (AvgIpc) is 2.87. The summed E-state index contributed by atoms with van der Waals surface area (Å²) in [4.78, 5) is 24.6. The first-order valence-electron chi connectivity index (χ1n) is 6.80. The minimum atomic E-state index is -0.965. The third-order valence-electron chi connectivity index (χ3n) is 3.72. The standard InChI is InChI=1S/C15H19NO3S/c1-3-9(2)13(15(18)19)16-14(17)12-8-10-6-4-5-7-11(10)20-12/h4-7,9,12-13H,3,8H2,1-2H3,(H,16,17)(H,18,19)/t9?,12?,13-/m0/s1. The van der Waals surface area contributed by atoms with Crippen LogP contribution >= 0.6 is 11.8 Å². The Morgan fingerprint density at radius 1 is 1.45 bits per heavy atom. The summed E-state index contributed by atoms with van der Waals surface area (Å²) in [5, 5.41) is 11.7. The van der Waals surface area contributed by atoms with Gasteiger partial charge in [0.25, 0.3) is 0 Å². The summed E-state index contributed by atoms with van der Waals surface area (Å²) < 4.78 is 0. The van der Waals surface area contributed by atoms with Gasteiger partial charge in [-0.25, -0.2) is 4.79 Å². The minimum absolute atomic E-state index is 0.0785. The van der Waals surface area contributed by atoms with Crippen molar-refractivity contribution in [2.24, 2.45) is 5.92 Å². The van der Waals surface area contributed by atoms with Gasteiger partial charge in [0.05, 0.1) is 5.25 Å². The molecule has 20 heavy (non-hydrogen) atoms. The molecular weight excluding hydrogens is 274 g/mol. The summed E-state index contributed by atoms with van der Waals surface area (Å²) >= 11 is 1.51. The lowest BCUT2D eigenvalue weighted by Gasteiger charge is -2.21. The number of hydrogen-bond acceptors (Lipinski definition) is 3. The first-order valence-corrected chi connectivity index (χ1v) is 7.68. The smallest absolute Gasteiger partial charge is 0.326 e. The average molecular weight is 293 g/mol. The Labute approximate surface area is 123 Å². The molecule has 1 aromatic carbocycles. The topological polar surface area (TPSA) is 66.4 Å². The Hall–Kier alpha value is -1.49. The molecule has 108 valence electrons. The number of carboxylic acids is 1. The number of carbonyl (C=O) groups is 2. The molecule has 0 radical (unpaired) electrons. The summed E-state index contributed by atoms with van der Waals surface area (Å²) in [5.74, 6) is -1.22. The third-order valence-corrected chi connectivity index (χ3v) is 5.03. The van der Waals surface area contributed by atoms with E-state index in [-0.39, 0.29) is 17.1 Å². The number of rotatable bonds is 5. The van der Waals surface area contributed by atoms with Gasteiger partial charge in [-0.2, -0.15) is 0 Å². The Bertz CT molecular complexity index is 493. The summed E-state index contributed by atoms with van der Waals surface area (Å²) in [6, 6.07) is 7.11. The predicted octanol–water partition coefficient (Wildman–Crippen LogP) is 2.32. The molecule has 2 unspecified atom stereocenters. The lowest BCUT2D eigenvalue weighted by molar-refractivity contribution is -0.143. The number of benzene rings is 1. The van der Waals surface area contributed by atoms with Crippen LogP contribution in [0.3, 0.4) is 0 Å². The van der Waals surface area contributed by atoms with Crippen LogP contribution in [0.1, 0.15) is 25.8 Å². The highest BCUT2D eigenvalue weighted by Crippen LogP contribution is 2.36. The van der Waals surface area contributed by atoms with Gasteiger partial charge >= 0.3 is 5.97 Å². The minimum Gasteiger partial charge on any atom is -0.480 e. The van der Waals surface area contributed by atoms with Gasteiger partial charge in [-0.05, 0) is 24.0 Å². The first-order chi connectivity index (χ1) is 9.52. The first kappa shape index (κ1) is 14.9. The highest BCUT2D eigenvalue weighted by molar-refractivity contribution is 8.01. The zero-order valence-electron chi connectivity index (χ0n) is 11.6. The highest BCUT2D eigenvalue weighted by Gasteiger charge is 2.32. The largest absolute Gasteiger partial charge is 0.480 e. The van der Waals surface area contributed by atoms with E-state index in [9.17, 15) is 14.7 Å². The van der Waals surface area contributed by atoms with E-state index in [0.29, 0.717) is 6.42 Å². The predicted molar refractivity (Wildman–Crippen MR) is 78.8 cm³/mol. The Balaban J connectivity index is 2.01. The van der Waals surface area contributed by atoms with Crippen LogP contribution in [0.15, 0.2) is 29.2 Å². The van der Waals surface area contributed by atoms with E-state index in [1.54, 1.807) is 0 Å². The second-order valence-corrected chi connectivity index (χ2v) is 6.37. The maximum atomic E-state index is 12.3. The van der Waals surface area contributed by atoms with Crippen molar-refractivity contribution in [3.05, 3.63) is 29.8 Å². The molecule has 2 rings (SSSR count). The van der Waals surface area contributed by atoms with Gasteiger partial charge < -0.3 is 10.4 Å². The summed E-state index contributed by atoms with van der Waals surface area (Å²) in [5.41, 5.74) is 1.16. The quantitative estimate of drug-likeness (QED) is 0.874. The number of carboxylic acid groups (broad SMARTS) is 1. The number of thioether (sulfide) groups is 1. The zero-order chi connectivity index (χ0) is 14.7. The van der Waals surface area contributed by atoms with Crippen LogP contribution in [0.2, 0.25) is 0 Å². The van der Waals surface area contributed by atoms with E-state index < -0.39 is 12.0 Å². The van der Waals surface area contributed by atoms with Crippen LogP contribution in [0.25, 0.3) is 0 Å². The molecule has 4 nitrogen and oxygen atoms in total. The molecule has 1 amide bonds. The van der Waals surface area contributed by atoms with E-state index in [4.69, 9.17) is 0 Å². The normalized spacial score (nSPS) is 20.0. The van der Waals surface area contributed by atoms with Crippen molar-refractivity contribution in [1.29, 1.82) is 0 Å². The lowest BCUT2D eigenvalue weighted by atomic mass is 9.99. The van der Waals surface area contributed by atoms with Crippen LogP contribution in [0.5, 0.6) is 0 Å². The third kappa shape index (κ3) is 3.15. The molecule has 1 aliphatic heterocycles. The van der Waals surface area contributed by atoms with Gasteiger partial charge in [0.1, 0.15) is 6.04 Å². The molecule has 1 heterocycles. The van der Waals surface area contributed by atoms with Crippen molar-refractivity contribution < 1.29 is 14.7 Å². The fourth-order valence-corrected chi connectivity index (χ4v) is 3.46. The molecule has 0 saturated carbocycles. The second-order valence-electron chi connectivity index (χ2n) is 5.13. The molecular formula is C15H19NO3S. The molecule has 1 aliphatic rings. The number of aliphatic carboxylic acids is 1. The van der Waals surface area contributed by atoms with Crippen LogP contribution in [-0.2, 0) is 16.0 Å². The molecule has 3 atom stereocenters. The van der Waals surface area contributed by atoms with E-state index in [2.05, 4.69) is 5.32 Å². The molecule has 0 saturated heterocycles. The lowest BCUT2D eigenvalue weighted by Crippen LogP contribution is -2.48. The maximum absolute atomic E-state index is 12.3. The van der Waals surface area contributed by atoms with Crippen molar-refractivity contribution in [1.82, 2.24) is 5.32 Å². The molecule has 0 fully saturated rings. The monoisotopic (exact) mass is 293 g/mol. The van der Waals surface area contributed by atoms with E-state index >= 15 is 0 Å². The Morgan fingerprint density at radius 2 is 2.15 bits per heavy atom. The van der Waals surface area contributed by atoms with Crippen molar-refractivity contribution >= 4 is 23.6 Å². The zero-order valence-corrected chi connectivity index (χ0v) is 12.4. The fourth-order valence-electron chi connectivity index (χ4n) is 2.26. The van der Waals surface area contributed by atoms with Crippen LogP contribution in [0, 0.1) is 5.92 Å². The van der Waals surface area contributed by atoms with Crippen molar-refractivity contribution in [2.75, 3.05) is 0 Å². The number of carbonyl (C=O) groups excluding carboxylic acids is 1. The molecule has 0 aromatic heterocycles. The van der Waals surface area contributed by atoms with E-state index in [1.807, 2.05) is 38.1 Å². The maximum Gasteiger partial charge on any atom is 0.326 e. The molecule has 5 heteroatoms. The molecule has 0 bridgehead atoms. The fraction of sp³-hybridized carbons (Fsp3) is 0.467. The number of amides is 1. The summed E-state index contributed by atoms with van der Waals surface area (Å²) in [6.45, 7) is 3.77. The van der Waals surface area contributed by atoms with Gasteiger partial charge in [-0.15, -0.1) is 11.8 Å². The van der Waals surface area contributed by atoms with Gasteiger partial charge in [0, 0.05) is 4.90 Å². The van der Waals surface area contributed by atoms with Crippen LogP contribution in [-0.4, -0.2) is 28.3 Å². The molecule has 1 aromatic rings. The summed E-state index contributed by atoms with van der Waals surface area (Å²) in [6.07, 6.45) is 1.38. The van der Waals surface area contributed by atoms with Gasteiger partial charge in [-0.3, -0.25) is 4.79 Å². The Kier molecular flexibility index (Phi) is 4.70. The number of nitrogens with one attached hydrogen (secondary N) is 1. The summed E-state index contributed by atoms with van der Waals surface area (Å²) in [7, 11) is 0. The molecule has 2 N–H and O–H groups in total. The van der Waals surface area contributed by atoms with Crippen molar-refractivity contribution in [3.63, 3.8) is 0 Å². The number of fused-ring (bicyclic) bond motifs is 1. The van der Waals surface area contributed by atoms with Crippen molar-refractivity contribution in [2.45, 2.75) is 42.9 Å². The SMILES string of the molecule is CCC(C)[C@H](NC(=O)C1Cc2ccccc2S1)C(=O)O. The van der Waals surface area contributed by atoms with Crippen molar-refractivity contribution in [3.8, 4) is 0 Å². The second kappa shape index (κ2) is 6.31. The Morgan fingerprint density at radius 3 is 2.75 bits per heavy atom. The van der Waals surface area contributed by atoms with Crippen LogP contribution < -0.4 is 5.32 Å². The van der Waals surface area contributed by atoms with Gasteiger partial charge in [0.2, 0.25) is 5.91 Å². The highest BCUT2D eigenvalue weighted by atomic mass is 32.2. The van der Waals surface area contributed by atoms with Gasteiger partial charge in [-0.1, -0.05) is 38.5 Å². The van der Waals surface area contributed by atoms with Gasteiger partial charge in [0.15, 0.2) is 0 Å². The van der Waals surface area contributed by atoms with Crippen LogP contribution in [0.4, 0.5) is 0 Å². The van der Waals surface area contributed by atoms with E-state index in [1.165, 1.54) is 11.8 Å².